The first kappa shape index (κ1) is 14.9. The molecule has 22 heavy (non-hydrogen) atoms. The van der Waals surface area contributed by atoms with Gasteiger partial charge in [0.05, 0.1) is 4.88 Å². The summed E-state index contributed by atoms with van der Waals surface area (Å²) in [6, 6.07) is 6.92. The molecule has 0 saturated carbocycles. The predicted molar refractivity (Wildman–Crippen MR) is 87.8 cm³/mol. The molecule has 0 bridgehead atoms. The highest BCUT2D eigenvalue weighted by Crippen LogP contribution is 2.30. The number of carbonyl (C=O) groups excluding carboxylic acids is 1. The molecule has 7 heteroatoms. The number of nitrogens with zero attached hydrogens (tertiary/aromatic N) is 2. The van der Waals surface area contributed by atoms with Gasteiger partial charge in [0.2, 0.25) is 0 Å². The highest BCUT2D eigenvalue weighted by molar-refractivity contribution is 7.17. The van der Waals surface area contributed by atoms with E-state index < -0.39 is 6.09 Å². The average Bonchev–Trinajstić information content (AvgIpc) is 3.02. The van der Waals surface area contributed by atoms with Crippen LogP contribution in [0.2, 0.25) is 5.02 Å². The summed E-state index contributed by atoms with van der Waals surface area (Å²) in [4.78, 5) is 18.1. The lowest BCUT2D eigenvalue weighted by atomic mass is 10.3. The SMILES string of the molecule is Cc1c(C(C)OC(=O)Nc2cccc(Cl)c2)sc2nccn12. The van der Waals surface area contributed by atoms with Crippen LogP contribution >= 0.6 is 22.9 Å². The molecule has 0 aliphatic rings. The summed E-state index contributed by atoms with van der Waals surface area (Å²) in [7, 11) is 0. The zero-order valence-electron chi connectivity index (χ0n) is 12.0. The molecule has 1 atom stereocenters. The van der Waals surface area contributed by atoms with E-state index >= 15 is 0 Å². The number of imidazole rings is 1. The van der Waals surface area contributed by atoms with Crippen molar-refractivity contribution in [2.45, 2.75) is 20.0 Å². The number of benzene rings is 1. The van der Waals surface area contributed by atoms with Crippen molar-refractivity contribution in [2.24, 2.45) is 0 Å². The quantitative estimate of drug-likeness (QED) is 0.756. The van der Waals surface area contributed by atoms with Crippen LogP contribution in [0.5, 0.6) is 0 Å². The van der Waals surface area contributed by atoms with E-state index in [4.69, 9.17) is 16.3 Å². The third-order valence-electron chi connectivity index (χ3n) is 3.25. The molecule has 1 amide bonds. The average molecular weight is 336 g/mol. The van der Waals surface area contributed by atoms with Crippen molar-refractivity contribution in [3.05, 3.63) is 52.3 Å². The summed E-state index contributed by atoms with van der Waals surface area (Å²) < 4.78 is 7.42. The number of rotatable bonds is 3. The Hall–Kier alpha value is -2.05. The third kappa shape index (κ3) is 2.93. The van der Waals surface area contributed by atoms with Crippen molar-refractivity contribution in [3.8, 4) is 0 Å². The van der Waals surface area contributed by atoms with Crippen LogP contribution in [0.15, 0.2) is 36.7 Å². The van der Waals surface area contributed by atoms with Gasteiger partial charge in [-0.3, -0.25) is 9.72 Å². The molecule has 3 aromatic rings. The number of hydrogen-bond acceptors (Lipinski definition) is 4. The molecule has 1 N–H and O–H groups in total. The fraction of sp³-hybridized carbons (Fsp3) is 0.200. The number of ether oxygens (including phenoxy) is 1. The molecule has 0 saturated heterocycles. The van der Waals surface area contributed by atoms with Gasteiger partial charge in [-0.1, -0.05) is 29.0 Å². The Morgan fingerprint density at radius 3 is 3.05 bits per heavy atom. The van der Waals surface area contributed by atoms with Crippen molar-refractivity contribution in [3.63, 3.8) is 0 Å². The van der Waals surface area contributed by atoms with Crippen LogP contribution in [0, 0.1) is 6.92 Å². The molecular formula is C15H14ClN3O2S. The van der Waals surface area contributed by atoms with Gasteiger partial charge in [0, 0.05) is 28.8 Å². The van der Waals surface area contributed by atoms with Gasteiger partial charge in [-0.2, -0.15) is 0 Å². The number of aromatic nitrogens is 2. The van der Waals surface area contributed by atoms with Crippen molar-refractivity contribution in [1.82, 2.24) is 9.38 Å². The molecule has 0 radical (unpaired) electrons. The summed E-state index contributed by atoms with van der Waals surface area (Å²) in [6.07, 6.45) is 2.77. The second kappa shape index (κ2) is 5.98. The van der Waals surface area contributed by atoms with Gasteiger partial charge in [-0.25, -0.2) is 9.78 Å². The first-order chi connectivity index (χ1) is 10.5. The monoisotopic (exact) mass is 335 g/mol. The van der Waals surface area contributed by atoms with E-state index in [0.717, 1.165) is 15.5 Å². The number of halogens is 1. The van der Waals surface area contributed by atoms with E-state index in [9.17, 15) is 4.79 Å². The standard InChI is InChI=1S/C15H14ClN3O2S/c1-9-13(22-14-17-6-7-19(9)14)10(2)21-15(20)18-12-5-3-4-11(16)8-12/h3-8,10H,1-2H3,(H,18,20). The van der Waals surface area contributed by atoms with Crippen LogP contribution in [0.1, 0.15) is 23.6 Å². The Morgan fingerprint density at radius 2 is 2.32 bits per heavy atom. The summed E-state index contributed by atoms with van der Waals surface area (Å²) >= 11 is 7.40. The van der Waals surface area contributed by atoms with Crippen LogP contribution in [0.4, 0.5) is 10.5 Å². The Morgan fingerprint density at radius 1 is 1.50 bits per heavy atom. The number of thiazole rings is 1. The zero-order chi connectivity index (χ0) is 15.7. The van der Waals surface area contributed by atoms with Crippen LogP contribution < -0.4 is 5.32 Å². The molecule has 114 valence electrons. The van der Waals surface area contributed by atoms with Crippen LogP contribution in [0.3, 0.4) is 0 Å². The molecule has 5 nitrogen and oxygen atoms in total. The van der Waals surface area contributed by atoms with E-state index in [-0.39, 0.29) is 6.10 Å². The highest BCUT2D eigenvalue weighted by atomic mass is 35.5. The van der Waals surface area contributed by atoms with Gasteiger partial charge < -0.3 is 4.74 Å². The second-order valence-electron chi connectivity index (χ2n) is 4.81. The molecule has 1 aromatic carbocycles. The number of fused-ring (bicyclic) bond motifs is 1. The Bertz CT molecular complexity index is 827. The maximum atomic E-state index is 12.0. The van der Waals surface area contributed by atoms with Crippen LogP contribution in [-0.4, -0.2) is 15.5 Å². The number of amides is 1. The first-order valence-corrected chi connectivity index (χ1v) is 7.89. The molecule has 3 rings (SSSR count). The normalized spacial score (nSPS) is 12.3. The third-order valence-corrected chi connectivity index (χ3v) is 4.82. The van der Waals surface area contributed by atoms with E-state index in [0.29, 0.717) is 10.7 Å². The Labute approximate surface area is 136 Å². The summed E-state index contributed by atoms with van der Waals surface area (Å²) in [6.45, 7) is 3.82. The number of nitrogens with one attached hydrogen (secondary N) is 1. The zero-order valence-corrected chi connectivity index (χ0v) is 13.6. The van der Waals surface area contributed by atoms with Gasteiger partial charge in [-0.05, 0) is 32.0 Å². The number of hydrogen-bond donors (Lipinski definition) is 1. The van der Waals surface area contributed by atoms with Crippen molar-refractivity contribution in [1.29, 1.82) is 0 Å². The molecule has 2 aromatic heterocycles. The number of aryl methyl sites for hydroxylation is 1. The summed E-state index contributed by atoms with van der Waals surface area (Å²) in [5.74, 6) is 0. The van der Waals surface area contributed by atoms with Crippen LogP contribution in [0.25, 0.3) is 4.96 Å². The van der Waals surface area contributed by atoms with E-state index in [1.54, 1.807) is 30.5 Å². The van der Waals surface area contributed by atoms with Crippen molar-refractivity contribution in [2.75, 3.05) is 5.32 Å². The highest BCUT2D eigenvalue weighted by Gasteiger charge is 2.19. The lowest BCUT2D eigenvalue weighted by molar-refractivity contribution is 0.122. The van der Waals surface area contributed by atoms with Crippen molar-refractivity contribution < 1.29 is 9.53 Å². The molecule has 2 heterocycles. The van der Waals surface area contributed by atoms with E-state index in [2.05, 4.69) is 10.3 Å². The lowest BCUT2D eigenvalue weighted by Crippen LogP contribution is -2.16. The van der Waals surface area contributed by atoms with Gasteiger partial charge in [0.15, 0.2) is 4.96 Å². The number of anilines is 1. The van der Waals surface area contributed by atoms with Gasteiger partial charge in [0.25, 0.3) is 0 Å². The smallest absolute Gasteiger partial charge is 0.412 e. The lowest BCUT2D eigenvalue weighted by Gasteiger charge is -2.13. The van der Waals surface area contributed by atoms with Gasteiger partial charge in [-0.15, -0.1) is 0 Å². The minimum Gasteiger partial charge on any atom is -0.440 e. The summed E-state index contributed by atoms with van der Waals surface area (Å²) in [5, 5.41) is 3.22. The minimum absolute atomic E-state index is 0.356. The molecule has 0 aliphatic carbocycles. The Balaban J connectivity index is 1.70. The number of carbonyl (C=O) groups is 1. The Kier molecular flexibility index (Phi) is 4.04. The molecule has 0 fully saturated rings. The maximum absolute atomic E-state index is 12.0. The molecular weight excluding hydrogens is 322 g/mol. The predicted octanol–water partition coefficient (Wildman–Crippen LogP) is 4.67. The second-order valence-corrected chi connectivity index (χ2v) is 6.26. The molecule has 1 unspecified atom stereocenters. The van der Waals surface area contributed by atoms with E-state index in [1.807, 2.05) is 24.4 Å². The first-order valence-electron chi connectivity index (χ1n) is 6.70. The topological polar surface area (TPSA) is 55.6 Å². The molecule has 0 aliphatic heterocycles. The fourth-order valence-corrected chi connectivity index (χ4v) is 3.47. The minimum atomic E-state index is -0.514. The summed E-state index contributed by atoms with van der Waals surface area (Å²) in [5.41, 5.74) is 1.63. The molecule has 0 spiro atoms. The van der Waals surface area contributed by atoms with Gasteiger partial charge in [0.1, 0.15) is 6.10 Å². The maximum Gasteiger partial charge on any atom is 0.412 e. The van der Waals surface area contributed by atoms with Crippen molar-refractivity contribution >= 4 is 39.7 Å². The fourth-order valence-electron chi connectivity index (χ4n) is 2.22. The van der Waals surface area contributed by atoms with E-state index in [1.165, 1.54) is 11.3 Å². The van der Waals surface area contributed by atoms with Crippen LogP contribution in [-0.2, 0) is 4.74 Å². The largest absolute Gasteiger partial charge is 0.440 e. The van der Waals surface area contributed by atoms with Gasteiger partial charge >= 0.3 is 6.09 Å².